The molecule has 1 atom stereocenters. The molecule has 2 aromatic carbocycles. The molecule has 106 valence electrons. The van der Waals surface area contributed by atoms with E-state index in [4.69, 9.17) is 5.84 Å². The highest BCUT2D eigenvalue weighted by Gasteiger charge is 2.19. The molecular weight excluding hydrogens is 272 g/mol. The maximum Gasteiger partial charge on any atom is 0.159 e. The molecular formula is C14H12F4N2. The van der Waals surface area contributed by atoms with Crippen LogP contribution in [0, 0.1) is 23.3 Å². The first-order chi connectivity index (χ1) is 9.52. The molecule has 0 saturated heterocycles. The first kappa shape index (κ1) is 14.5. The number of rotatable bonds is 4. The number of hydrogen-bond donors (Lipinski definition) is 2. The van der Waals surface area contributed by atoms with Gasteiger partial charge < -0.3 is 0 Å². The highest BCUT2D eigenvalue weighted by molar-refractivity contribution is 5.27. The SMILES string of the molecule is NNC(Cc1ccc(F)c(F)c1)c1c(F)cccc1F. The minimum absolute atomic E-state index is 0.0194. The molecule has 0 saturated carbocycles. The summed E-state index contributed by atoms with van der Waals surface area (Å²) in [7, 11) is 0. The molecule has 1 unspecified atom stereocenters. The van der Waals surface area contributed by atoms with Gasteiger partial charge >= 0.3 is 0 Å². The summed E-state index contributed by atoms with van der Waals surface area (Å²) in [6.07, 6.45) is 0.0194. The maximum absolute atomic E-state index is 13.7. The highest BCUT2D eigenvalue weighted by Crippen LogP contribution is 2.24. The third kappa shape index (κ3) is 2.97. The average molecular weight is 284 g/mol. The molecule has 2 rings (SSSR count). The van der Waals surface area contributed by atoms with Gasteiger partial charge in [-0.3, -0.25) is 11.3 Å². The summed E-state index contributed by atoms with van der Waals surface area (Å²) in [5.41, 5.74) is 2.42. The van der Waals surface area contributed by atoms with Crippen molar-refractivity contribution in [1.29, 1.82) is 0 Å². The fourth-order valence-electron chi connectivity index (χ4n) is 1.99. The molecule has 2 nitrogen and oxygen atoms in total. The van der Waals surface area contributed by atoms with Crippen LogP contribution < -0.4 is 11.3 Å². The van der Waals surface area contributed by atoms with Crippen molar-refractivity contribution in [2.75, 3.05) is 0 Å². The summed E-state index contributed by atoms with van der Waals surface area (Å²) in [5.74, 6) is 1.79. The van der Waals surface area contributed by atoms with Crippen molar-refractivity contribution in [2.24, 2.45) is 5.84 Å². The molecule has 0 aromatic heterocycles. The Labute approximate surface area is 113 Å². The minimum Gasteiger partial charge on any atom is -0.271 e. The van der Waals surface area contributed by atoms with Gasteiger partial charge in [0.25, 0.3) is 0 Å². The molecule has 0 radical (unpaired) electrons. The molecule has 0 bridgehead atoms. The van der Waals surface area contributed by atoms with Crippen LogP contribution in [0.2, 0.25) is 0 Å². The number of nitrogens with two attached hydrogens (primary N) is 1. The summed E-state index contributed by atoms with van der Waals surface area (Å²) >= 11 is 0. The van der Waals surface area contributed by atoms with Gasteiger partial charge in [0, 0.05) is 5.56 Å². The van der Waals surface area contributed by atoms with Gasteiger partial charge in [0.15, 0.2) is 11.6 Å². The molecule has 0 amide bonds. The fourth-order valence-corrected chi connectivity index (χ4v) is 1.99. The lowest BCUT2D eigenvalue weighted by Gasteiger charge is -2.18. The van der Waals surface area contributed by atoms with E-state index >= 15 is 0 Å². The van der Waals surface area contributed by atoms with Crippen LogP contribution in [0.5, 0.6) is 0 Å². The second-order valence-corrected chi connectivity index (χ2v) is 4.31. The molecule has 0 fully saturated rings. The third-order valence-electron chi connectivity index (χ3n) is 2.97. The van der Waals surface area contributed by atoms with E-state index < -0.39 is 29.3 Å². The van der Waals surface area contributed by atoms with E-state index in [-0.39, 0.29) is 12.0 Å². The van der Waals surface area contributed by atoms with Gasteiger partial charge in [-0.1, -0.05) is 12.1 Å². The van der Waals surface area contributed by atoms with Crippen molar-refractivity contribution in [3.05, 3.63) is 70.8 Å². The second-order valence-electron chi connectivity index (χ2n) is 4.31. The van der Waals surface area contributed by atoms with Gasteiger partial charge in [-0.05, 0) is 36.2 Å². The molecule has 2 aromatic rings. The van der Waals surface area contributed by atoms with E-state index in [2.05, 4.69) is 5.43 Å². The largest absolute Gasteiger partial charge is 0.271 e. The van der Waals surface area contributed by atoms with Gasteiger partial charge in [-0.25, -0.2) is 17.6 Å². The molecule has 6 heteroatoms. The van der Waals surface area contributed by atoms with Gasteiger partial charge in [0.2, 0.25) is 0 Å². The summed E-state index contributed by atoms with van der Waals surface area (Å²) < 4.78 is 53.3. The average Bonchev–Trinajstić information content (AvgIpc) is 2.41. The van der Waals surface area contributed by atoms with Crippen LogP contribution in [0.1, 0.15) is 17.2 Å². The number of hydrazine groups is 1. The molecule has 0 aliphatic heterocycles. The van der Waals surface area contributed by atoms with Gasteiger partial charge in [0.05, 0.1) is 6.04 Å². The van der Waals surface area contributed by atoms with Crippen molar-refractivity contribution in [1.82, 2.24) is 5.43 Å². The Bertz CT molecular complexity index is 596. The van der Waals surface area contributed by atoms with E-state index in [0.29, 0.717) is 5.56 Å². The van der Waals surface area contributed by atoms with E-state index in [0.717, 1.165) is 24.3 Å². The van der Waals surface area contributed by atoms with Crippen molar-refractivity contribution in [3.8, 4) is 0 Å². The van der Waals surface area contributed by atoms with Crippen LogP contribution in [-0.4, -0.2) is 0 Å². The molecule has 0 spiro atoms. The van der Waals surface area contributed by atoms with Crippen LogP contribution in [0.25, 0.3) is 0 Å². The standard InChI is InChI=1S/C14H12F4N2/c15-9-5-4-8(6-12(9)18)7-13(20-19)14-10(16)2-1-3-11(14)17/h1-6,13,20H,7,19H2. The molecule has 3 N–H and O–H groups in total. The maximum atomic E-state index is 13.7. The summed E-state index contributed by atoms with van der Waals surface area (Å²) in [5, 5.41) is 0. The molecule has 20 heavy (non-hydrogen) atoms. The van der Waals surface area contributed by atoms with Crippen LogP contribution >= 0.6 is 0 Å². The highest BCUT2D eigenvalue weighted by atomic mass is 19.2. The van der Waals surface area contributed by atoms with E-state index in [1.807, 2.05) is 0 Å². The van der Waals surface area contributed by atoms with Gasteiger partial charge in [-0.15, -0.1) is 0 Å². The van der Waals surface area contributed by atoms with Crippen molar-refractivity contribution >= 4 is 0 Å². The van der Waals surface area contributed by atoms with E-state index in [9.17, 15) is 17.6 Å². The number of halogens is 4. The predicted molar refractivity (Wildman–Crippen MR) is 66.5 cm³/mol. The zero-order valence-corrected chi connectivity index (χ0v) is 10.3. The van der Waals surface area contributed by atoms with Crippen molar-refractivity contribution in [2.45, 2.75) is 12.5 Å². The number of hydrogen-bond acceptors (Lipinski definition) is 2. The first-order valence-corrected chi connectivity index (χ1v) is 5.87. The Kier molecular flexibility index (Phi) is 4.36. The van der Waals surface area contributed by atoms with Crippen LogP contribution in [0.3, 0.4) is 0 Å². The lowest BCUT2D eigenvalue weighted by atomic mass is 9.98. The van der Waals surface area contributed by atoms with Crippen LogP contribution in [0.4, 0.5) is 17.6 Å². The Morgan fingerprint density at radius 3 is 2.10 bits per heavy atom. The Morgan fingerprint density at radius 1 is 0.900 bits per heavy atom. The minimum atomic E-state index is -1.02. The lowest BCUT2D eigenvalue weighted by Crippen LogP contribution is -2.31. The normalized spacial score (nSPS) is 12.4. The summed E-state index contributed by atoms with van der Waals surface area (Å²) in [6, 6.07) is 5.82. The quantitative estimate of drug-likeness (QED) is 0.514. The lowest BCUT2D eigenvalue weighted by molar-refractivity contribution is 0.469. The Morgan fingerprint density at radius 2 is 1.55 bits per heavy atom. The Balaban J connectivity index is 2.31. The van der Waals surface area contributed by atoms with Gasteiger partial charge in [-0.2, -0.15) is 0 Å². The molecule has 0 heterocycles. The second kappa shape index (κ2) is 6.02. The fraction of sp³-hybridized carbons (Fsp3) is 0.143. The first-order valence-electron chi connectivity index (χ1n) is 5.87. The molecule has 0 aliphatic carbocycles. The zero-order chi connectivity index (χ0) is 14.7. The third-order valence-corrected chi connectivity index (χ3v) is 2.97. The van der Waals surface area contributed by atoms with Crippen molar-refractivity contribution in [3.63, 3.8) is 0 Å². The predicted octanol–water partition coefficient (Wildman–Crippen LogP) is 2.99. The Hall–Kier alpha value is -1.92. The number of nitrogens with one attached hydrogen (secondary N) is 1. The zero-order valence-electron chi connectivity index (χ0n) is 10.3. The van der Waals surface area contributed by atoms with Crippen LogP contribution in [-0.2, 0) is 6.42 Å². The van der Waals surface area contributed by atoms with Crippen molar-refractivity contribution < 1.29 is 17.6 Å². The number of benzene rings is 2. The summed E-state index contributed by atoms with van der Waals surface area (Å²) in [6.45, 7) is 0. The van der Waals surface area contributed by atoms with Gasteiger partial charge in [0.1, 0.15) is 11.6 Å². The topological polar surface area (TPSA) is 38.0 Å². The molecule has 0 aliphatic rings. The van der Waals surface area contributed by atoms with E-state index in [1.54, 1.807) is 0 Å². The van der Waals surface area contributed by atoms with Crippen LogP contribution in [0.15, 0.2) is 36.4 Å². The smallest absolute Gasteiger partial charge is 0.159 e. The van der Waals surface area contributed by atoms with E-state index in [1.165, 1.54) is 12.1 Å². The summed E-state index contributed by atoms with van der Waals surface area (Å²) in [4.78, 5) is 0. The monoisotopic (exact) mass is 284 g/mol.